The molecule has 1 aliphatic rings. The van der Waals surface area contributed by atoms with Crippen LogP contribution in [0, 0.1) is 0 Å². The Morgan fingerprint density at radius 2 is 1.97 bits per heavy atom. The summed E-state index contributed by atoms with van der Waals surface area (Å²) < 4.78 is 44.1. The fourth-order valence-corrected chi connectivity index (χ4v) is 4.13. The monoisotopic (exact) mass is 432 g/mol. The summed E-state index contributed by atoms with van der Waals surface area (Å²) in [6.07, 6.45) is -2.98. The van der Waals surface area contributed by atoms with Gasteiger partial charge in [-0.05, 0) is 48.7 Å². The largest absolute Gasteiger partial charge is 0.457 e. The molecule has 0 unspecified atom stereocenters. The number of thiazole rings is 1. The van der Waals surface area contributed by atoms with E-state index < -0.39 is 11.7 Å². The highest BCUT2D eigenvalue weighted by Crippen LogP contribution is 2.34. The number of benzene rings is 2. The van der Waals surface area contributed by atoms with E-state index in [0.29, 0.717) is 36.7 Å². The van der Waals surface area contributed by atoms with Crippen LogP contribution in [-0.2, 0) is 25.6 Å². The van der Waals surface area contributed by atoms with Crippen LogP contribution in [0.25, 0.3) is 0 Å². The molecule has 2 heterocycles. The summed E-state index contributed by atoms with van der Waals surface area (Å²) in [5, 5.41) is 2.73. The number of alkyl halides is 3. The van der Waals surface area contributed by atoms with E-state index in [4.69, 9.17) is 4.74 Å². The number of carbonyl (C=O) groups excluding carboxylic acids is 1. The first-order valence-corrected chi connectivity index (χ1v) is 10.4. The third kappa shape index (κ3) is 4.18. The molecule has 3 aromatic rings. The minimum Gasteiger partial charge on any atom is -0.457 e. The number of hydrogen-bond donors (Lipinski definition) is 0. The maximum Gasteiger partial charge on any atom is 0.416 e. The Balaban J connectivity index is 1.50. The zero-order chi connectivity index (χ0) is 21.3. The predicted molar refractivity (Wildman–Crippen MR) is 108 cm³/mol. The molecule has 0 fully saturated rings. The number of carbonyl (C=O) groups is 1. The molecule has 0 N–H and O–H groups in total. The number of ether oxygens (including phenoxy) is 1. The van der Waals surface area contributed by atoms with Crippen molar-refractivity contribution >= 4 is 17.2 Å². The van der Waals surface area contributed by atoms with Crippen LogP contribution in [0.4, 0.5) is 13.2 Å². The number of aryl methyl sites for hydroxylation is 1. The van der Waals surface area contributed by atoms with Crippen molar-refractivity contribution in [1.82, 2.24) is 9.88 Å². The third-order valence-corrected chi connectivity index (χ3v) is 5.99. The van der Waals surface area contributed by atoms with Crippen molar-refractivity contribution in [2.75, 3.05) is 6.54 Å². The van der Waals surface area contributed by atoms with E-state index in [0.717, 1.165) is 34.7 Å². The molecule has 0 saturated carbocycles. The quantitative estimate of drug-likeness (QED) is 0.530. The number of halogens is 3. The fraction of sp³-hybridized carbons (Fsp3) is 0.273. The summed E-state index contributed by atoms with van der Waals surface area (Å²) in [7, 11) is 0. The summed E-state index contributed by atoms with van der Waals surface area (Å²) in [5.74, 6) is 0.844. The Morgan fingerprint density at radius 1 is 1.20 bits per heavy atom. The smallest absolute Gasteiger partial charge is 0.416 e. The van der Waals surface area contributed by atoms with Crippen LogP contribution in [0.1, 0.15) is 39.1 Å². The lowest BCUT2D eigenvalue weighted by Crippen LogP contribution is -2.36. The topological polar surface area (TPSA) is 42.4 Å². The van der Waals surface area contributed by atoms with Gasteiger partial charge >= 0.3 is 6.18 Å². The summed E-state index contributed by atoms with van der Waals surface area (Å²) >= 11 is 1.48. The van der Waals surface area contributed by atoms with Gasteiger partial charge in [-0.25, -0.2) is 4.98 Å². The normalized spacial score (nSPS) is 13.8. The first kappa shape index (κ1) is 20.4. The summed E-state index contributed by atoms with van der Waals surface area (Å²) in [6.45, 7) is 2.97. The van der Waals surface area contributed by atoms with Crippen LogP contribution in [0.5, 0.6) is 11.5 Å². The average molecular weight is 432 g/mol. The number of nitrogens with zero attached hydrogens (tertiary/aromatic N) is 2. The first-order chi connectivity index (χ1) is 14.3. The standard InChI is InChI=1S/C22H19F3N2O2S/c1-2-20-26-18(13-30-20)21(28)27-11-10-17-14(12-27)4-3-5-19(17)29-16-8-6-15(7-9-16)22(23,24)25/h3-9,13H,2,10-12H2,1H3. The van der Waals surface area contributed by atoms with Crippen LogP contribution in [-0.4, -0.2) is 22.3 Å². The van der Waals surface area contributed by atoms with Gasteiger partial charge in [0.15, 0.2) is 0 Å². The van der Waals surface area contributed by atoms with Crippen LogP contribution >= 0.6 is 11.3 Å². The van der Waals surface area contributed by atoms with Crippen molar-refractivity contribution in [3.8, 4) is 11.5 Å². The molecule has 0 bridgehead atoms. The van der Waals surface area contributed by atoms with Gasteiger partial charge < -0.3 is 9.64 Å². The molecule has 0 aliphatic carbocycles. The molecule has 0 saturated heterocycles. The second-order valence-corrected chi connectivity index (χ2v) is 7.92. The van der Waals surface area contributed by atoms with Crippen LogP contribution in [0.2, 0.25) is 0 Å². The zero-order valence-electron chi connectivity index (χ0n) is 16.2. The minimum absolute atomic E-state index is 0.0920. The molecule has 0 spiro atoms. The van der Waals surface area contributed by atoms with Crippen molar-refractivity contribution < 1.29 is 22.7 Å². The first-order valence-electron chi connectivity index (χ1n) is 9.54. The van der Waals surface area contributed by atoms with Crippen molar-refractivity contribution in [3.63, 3.8) is 0 Å². The molecular formula is C22H19F3N2O2S. The molecule has 0 radical (unpaired) electrons. The molecule has 1 aliphatic heterocycles. The van der Waals surface area contributed by atoms with Crippen molar-refractivity contribution in [2.24, 2.45) is 0 Å². The predicted octanol–water partition coefficient (Wildman–Crippen LogP) is 5.72. The minimum atomic E-state index is -4.38. The second kappa shape index (κ2) is 8.10. The Morgan fingerprint density at radius 3 is 2.63 bits per heavy atom. The van der Waals surface area contributed by atoms with Crippen LogP contribution in [0.3, 0.4) is 0 Å². The van der Waals surface area contributed by atoms with Gasteiger partial charge in [0.05, 0.1) is 10.6 Å². The lowest BCUT2D eigenvalue weighted by molar-refractivity contribution is -0.137. The van der Waals surface area contributed by atoms with E-state index in [9.17, 15) is 18.0 Å². The maximum absolute atomic E-state index is 12.8. The number of rotatable bonds is 4. The summed E-state index contributed by atoms with van der Waals surface area (Å²) in [5.41, 5.74) is 1.68. The van der Waals surface area contributed by atoms with E-state index in [1.54, 1.807) is 16.3 Å². The molecule has 30 heavy (non-hydrogen) atoms. The van der Waals surface area contributed by atoms with Crippen LogP contribution in [0.15, 0.2) is 47.8 Å². The van der Waals surface area contributed by atoms with Crippen molar-refractivity contribution in [3.05, 3.63) is 75.2 Å². The summed E-state index contributed by atoms with van der Waals surface area (Å²) in [4.78, 5) is 18.9. The maximum atomic E-state index is 12.8. The Labute approximate surface area is 175 Å². The Bertz CT molecular complexity index is 1060. The fourth-order valence-electron chi connectivity index (χ4n) is 3.42. The number of aromatic nitrogens is 1. The number of hydrogen-bond acceptors (Lipinski definition) is 4. The Kier molecular flexibility index (Phi) is 5.51. The Hall–Kier alpha value is -2.87. The van der Waals surface area contributed by atoms with E-state index in [-0.39, 0.29) is 5.91 Å². The van der Waals surface area contributed by atoms with Crippen molar-refractivity contribution in [2.45, 2.75) is 32.5 Å². The van der Waals surface area contributed by atoms with Gasteiger partial charge in [0.25, 0.3) is 5.91 Å². The highest BCUT2D eigenvalue weighted by atomic mass is 32.1. The SMILES string of the molecule is CCc1nc(C(=O)N2CCc3c(cccc3Oc3ccc(C(F)(F)F)cc3)C2)cs1. The molecule has 4 nitrogen and oxygen atoms in total. The molecule has 156 valence electrons. The molecular weight excluding hydrogens is 413 g/mol. The van der Waals surface area contributed by atoms with E-state index >= 15 is 0 Å². The van der Waals surface area contributed by atoms with E-state index in [2.05, 4.69) is 4.98 Å². The highest BCUT2D eigenvalue weighted by molar-refractivity contribution is 7.09. The van der Waals surface area contributed by atoms with Crippen LogP contribution < -0.4 is 4.74 Å². The van der Waals surface area contributed by atoms with Gasteiger partial charge in [0.2, 0.25) is 0 Å². The van der Waals surface area contributed by atoms with E-state index in [1.807, 2.05) is 19.1 Å². The highest BCUT2D eigenvalue weighted by Gasteiger charge is 2.30. The number of amides is 1. The lowest BCUT2D eigenvalue weighted by Gasteiger charge is -2.29. The van der Waals surface area contributed by atoms with Crippen molar-refractivity contribution in [1.29, 1.82) is 0 Å². The van der Waals surface area contributed by atoms with E-state index in [1.165, 1.54) is 23.5 Å². The summed E-state index contributed by atoms with van der Waals surface area (Å²) in [6, 6.07) is 10.2. The lowest BCUT2D eigenvalue weighted by atomic mass is 9.98. The molecule has 2 aromatic carbocycles. The molecule has 1 amide bonds. The van der Waals surface area contributed by atoms with Gasteiger partial charge in [-0.15, -0.1) is 11.3 Å². The number of fused-ring (bicyclic) bond motifs is 1. The molecule has 4 rings (SSSR count). The second-order valence-electron chi connectivity index (χ2n) is 6.97. The zero-order valence-corrected chi connectivity index (χ0v) is 17.0. The molecule has 8 heteroatoms. The van der Waals surface area contributed by atoms with Gasteiger partial charge in [0, 0.05) is 24.0 Å². The van der Waals surface area contributed by atoms with Gasteiger partial charge in [-0.2, -0.15) is 13.2 Å². The molecule has 1 aromatic heterocycles. The van der Waals surface area contributed by atoms with Gasteiger partial charge in [-0.1, -0.05) is 19.1 Å². The molecule has 0 atom stereocenters. The van der Waals surface area contributed by atoms with Gasteiger partial charge in [-0.3, -0.25) is 4.79 Å². The third-order valence-electron chi connectivity index (χ3n) is 4.99. The average Bonchev–Trinajstić information content (AvgIpc) is 3.22. The van der Waals surface area contributed by atoms with Gasteiger partial charge in [0.1, 0.15) is 17.2 Å².